The second-order valence-corrected chi connectivity index (χ2v) is 10.0. The molecule has 0 radical (unpaired) electrons. The number of guanidine groups is 1. The standard InChI is InChI=1S/C26H27N5O5S/c32-24(21-14-12-20(13-15-21)19-8-3-1-4-9-19)31(29-26-27-16-7-17-28-26)18-23(25(33)34)30-37(35,36)22-10-5-2-6-11-22/h1-6,8-15,23,30H,7,16-18H2,(H,33,34)(H2,27,28,29). The molecule has 0 bridgehead atoms. The van der Waals surface area contributed by atoms with Crippen LogP contribution in [0.2, 0.25) is 0 Å². The van der Waals surface area contributed by atoms with Crippen molar-refractivity contribution in [3.05, 3.63) is 90.5 Å². The van der Waals surface area contributed by atoms with Gasteiger partial charge in [0.25, 0.3) is 5.91 Å². The van der Waals surface area contributed by atoms with E-state index in [2.05, 4.69) is 20.5 Å². The molecule has 0 aromatic heterocycles. The lowest BCUT2D eigenvalue weighted by molar-refractivity contribution is -0.139. The predicted molar refractivity (Wildman–Crippen MR) is 139 cm³/mol. The van der Waals surface area contributed by atoms with Crippen molar-refractivity contribution in [3.63, 3.8) is 0 Å². The third kappa shape index (κ3) is 6.72. The number of hydrogen-bond donors (Lipinski definition) is 4. The number of hydrogen-bond acceptors (Lipinski definition) is 7. The summed E-state index contributed by atoms with van der Waals surface area (Å²) in [5.41, 5.74) is 5.02. The zero-order valence-electron chi connectivity index (χ0n) is 19.9. The van der Waals surface area contributed by atoms with Crippen LogP contribution >= 0.6 is 0 Å². The van der Waals surface area contributed by atoms with Crippen molar-refractivity contribution >= 4 is 27.9 Å². The molecule has 10 nitrogen and oxygen atoms in total. The van der Waals surface area contributed by atoms with E-state index in [0.717, 1.165) is 22.6 Å². The fourth-order valence-corrected chi connectivity index (χ4v) is 4.91. The van der Waals surface area contributed by atoms with E-state index in [1.165, 1.54) is 24.3 Å². The first-order valence-corrected chi connectivity index (χ1v) is 13.1. The Morgan fingerprint density at radius 2 is 1.57 bits per heavy atom. The summed E-state index contributed by atoms with van der Waals surface area (Å²) in [6.07, 6.45) is 0.814. The number of rotatable bonds is 8. The van der Waals surface area contributed by atoms with Crippen LogP contribution in [-0.2, 0) is 14.8 Å². The molecule has 1 unspecified atom stereocenters. The van der Waals surface area contributed by atoms with Gasteiger partial charge < -0.3 is 10.4 Å². The maximum absolute atomic E-state index is 13.5. The van der Waals surface area contributed by atoms with E-state index in [1.807, 2.05) is 30.3 Å². The quantitative estimate of drug-likeness (QED) is 0.333. The van der Waals surface area contributed by atoms with Crippen LogP contribution in [0.4, 0.5) is 0 Å². The number of hydrazine groups is 1. The fraction of sp³-hybridized carbons (Fsp3) is 0.192. The highest BCUT2D eigenvalue weighted by Crippen LogP contribution is 2.20. The van der Waals surface area contributed by atoms with E-state index in [-0.39, 0.29) is 4.90 Å². The molecular weight excluding hydrogens is 494 g/mol. The van der Waals surface area contributed by atoms with E-state index in [0.29, 0.717) is 24.6 Å². The lowest BCUT2D eigenvalue weighted by atomic mass is 10.0. The number of carbonyl (C=O) groups is 2. The second-order valence-electron chi connectivity index (χ2n) is 8.31. The number of aliphatic imine (C=N–C) groups is 1. The minimum Gasteiger partial charge on any atom is -0.480 e. The molecule has 37 heavy (non-hydrogen) atoms. The fourth-order valence-electron chi connectivity index (χ4n) is 3.71. The normalized spacial score (nSPS) is 14.1. The summed E-state index contributed by atoms with van der Waals surface area (Å²) in [7, 11) is -4.15. The van der Waals surface area contributed by atoms with Gasteiger partial charge in [-0.15, -0.1) is 0 Å². The molecule has 1 heterocycles. The average molecular weight is 522 g/mol. The first kappa shape index (κ1) is 25.9. The summed E-state index contributed by atoms with van der Waals surface area (Å²) in [4.78, 5) is 29.7. The minimum absolute atomic E-state index is 0.0816. The van der Waals surface area contributed by atoms with Crippen molar-refractivity contribution < 1.29 is 23.1 Å². The van der Waals surface area contributed by atoms with Gasteiger partial charge in [0, 0.05) is 18.7 Å². The maximum Gasteiger partial charge on any atom is 0.323 e. The highest BCUT2D eigenvalue weighted by molar-refractivity contribution is 7.89. The number of carboxylic acids is 1. The molecule has 1 amide bonds. The first-order valence-electron chi connectivity index (χ1n) is 11.7. The van der Waals surface area contributed by atoms with Gasteiger partial charge in [-0.05, 0) is 41.8 Å². The molecule has 0 spiro atoms. The van der Waals surface area contributed by atoms with Crippen LogP contribution in [-0.4, -0.2) is 62.0 Å². The van der Waals surface area contributed by atoms with Gasteiger partial charge in [0.05, 0.1) is 11.4 Å². The Morgan fingerprint density at radius 1 is 0.946 bits per heavy atom. The molecule has 192 valence electrons. The molecule has 11 heteroatoms. The Labute approximate surface area is 215 Å². The highest BCUT2D eigenvalue weighted by Gasteiger charge is 2.30. The Kier molecular flexibility index (Phi) is 8.16. The second kappa shape index (κ2) is 11.7. The summed E-state index contributed by atoms with van der Waals surface area (Å²) in [5.74, 6) is -1.67. The van der Waals surface area contributed by atoms with Gasteiger partial charge in [0.1, 0.15) is 6.04 Å². The number of benzene rings is 3. The molecule has 0 fully saturated rings. The first-order chi connectivity index (χ1) is 17.8. The molecule has 4 rings (SSSR count). The topological polar surface area (TPSA) is 140 Å². The SMILES string of the molecule is O=C(O)C(CN(NC1=NCCCN1)C(=O)c1ccc(-c2ccccc2)cc1)NS(=O)(=O)c1ccccc1. The molecule has 0 aliphatic carbocycles. The van der Waals surface area contributed by atoms with Crippen LogP contribution in [0.5, 0.6) is 0 Å². The van der Waals surface area contributed by atoms with Crippen molar-refractivity contribution in [1.82, 2.24) is 20.5 Å². The van der Waals surface area contributed by atoms with Gasteiger partial charge in [-0.1, -0.05) is 60.7 Å². The van der Waals surface area contributed by atoms with Gasteiger partial charge >= 0.3 is 5.97 Å². The Balaban J connectivity index is 1.58. The smallest absolute Gasteiger partial charge is 0.323 e. The summed E-state index contributed by atoms with van der Waals surface area (Å²) >= 11 is 0. The Hall–Kier alpha value is -4.22. The van der Waals surface area contributed by atoms with Crippen LogP contribution in [0.3, 0.4) is 0 Å². The summed E-state index contributed by atoms with van der Waals surface area (Å²) < 4.78 is 27.8. The van der Waals surface area contributed by atoms with Crippen LogP contribution in [0.25, 0.3) is 11.1 Å². The monoisotopic (exact) mass is 521 g/mol. The van der Waals surface area contributed by atoms with Gasteiger partial charge in [-0.2, -0.15) is 4.72 Å². The predicted octanol–water partition coefficient (Wildman–Crippen LogP) is 2.08. The maximum atomic E-state index is 13.5. The molecule has 1 aliphatic heterocycles. The van der Waals surface area contributed by atoms with E-state index in [9.17, 15) is 23.1 Å². The third-order valence-corrected chi connectivity index (χ3v) is 7.12. The zero-order valence-corrected chi connectivity index (χ0v) is 20.7. The number of sulfonamides is 1. The molecule has 3 aromatic carbocycles. The van der Waals surface area contributed by atoms with E-state index >= 15 is 0 Å². The van der Waals surface area contributed by atoms with Gasteiger partial charge in [-0.25, -0.2) is 13.4 Å². The Bertz CT molecular complexity index is 1360. The van der Waals surface area contributed by atoms with Gasteiger partial charge in [0.2, 0.25) is 16.0 Å². The third-order valence-electron chi connectivity index (χ3n) is 5.64. The van der Waals surface area contributed by atoms with Crippen LogP contribution in [0.15, 0.2) is 94.8 Å². The van der Waals surface area contributed by atoms with Crippen LogP contribution in [0.1, 0.15) is 16.8 Å². The number of nitrogens with one attached hydrogen (secondary N) is 3. The largest absolute Gasteiger partial charge is 0.480 e. The number of amides is 1. The van der Waals surface area contributed by atoms with Crippen molar-refractivity contribution in [3.8, 4) is 11.1 Å². The highest BCUT2D eigenvalue weighted by atomic mass is 32.2. The molecule has 0 saturated heterocycles. The minimum atomic E-state index is -4.15. The molecule has 1 aliphatic rings. The van der Waals surface area contributed by atoms with Crippen molar-refractivity contribution in [2.75, 3.05) is 19.6 Å². The number of carboxylic acid groups (broad SMARTS) is 1. The molecular formula is C26H27N5O5S. The summed E-state index contributed by atoms with van der Waals surface area (Å²) in [6.45, 7) is 0.663. The van der Waals surface area contributed by atoms with E-state index in [1.54, 1.807) is 30.3 Å². The lowest BCUT2D eigenvalue weighted by Crippen LogP contribution is -2.58. The van der Waals surface area contributed by atoms with Crippen molar-refractivity contribution in [2.45, 2.75) is 17.4 Å². The number of aliphatic carboxylic acids is 1. The van der Waals surface area contributed by atoms with E-state index < -0.39 is 34.5 Å². The summed E-state index contributed by atoms with van der Waals surface area (Å²) in [6, 6.07) is 22.3. The van der Waals surface area contributed by atoms with Gasteiger partial charge in [0.15, 0.2) is 0 Å². The van der Waals surface area contributed by atoms with Crippen LogP contribution < -0.4 is 15.5 Å². The van der Waals surface area contributed by atoms with Crippen molar-refractivity contribution in [2.24, 2.45) is 4.99 Å². The number of nitrogens with zero attached hydrogens (tertiary/aromatic N) is 2. The molecule has 1 atom stereocenters. The lowest BCUT2D eigenvalue weighted by Gasteiger charge is -2.29. The number of carbonyl (C=O) groups excluding carboxylic acids is 1. The van der Waals surface area contributed by atoms with Crippen molar-refractivity contribution in [1.29, 1.82) is 0 Å². The molecule has 0 saturated carbocycles. The van der Waals surface area contributed by atoms with E-state index in [4.69, 9.17) is 0 Å². The molecule has 3 aromatic rings. The summed E-state index contributed by atoms with van der Waals surface area (Å²) in [5, 5.41) is 13.9. The average Bonchev–Trinajstić information content (AvgIpc) is 2.93. The zero-order chi connectivity index (χ0) is 26.3. The van der Waals surface area contributed by atoms with Crippen LogP contribution in [0, 0.1) is 0 Å². The Morgan fingerprint density at radius 3 is 2.16 bits per heavy atom. The molecule has 4 N–H and O–H groups in total. The van der Waals surface area contributed by atoms with Gasteiger partial charge in [-0.3, -0.25) is 20.0 Å².